The molecule has 1 fully saturated rings. The molecule has 0 aliphatic carbocycles. The fraction of sp³-hybridized carbons (Fsp3) is 0.500. The van der Waals surface area contributed by atoms with E-state index in [4.69, 9.17) is 9.15 Å². The summed E-state index contributed by atoms with van der Waals surface area (Å²) in [5.41, 5.74) is 0. The molecule has 0 aromatic carbocycles. The Labute approximate surface area is 82.4 Å². The first-order chi connectivity index (χ1) is 6.83. The third-order valence-corrected chi connectivity index (χ3v) is 2.52. The number of hydrogen-bond donors (Lipinski definition) is 0. The summed E-state index contributed by atoms with van der Waals surface area (Å²) in [4.78, 5) is 12.5. The topological polar surface area (TPSA) is 42.7 Å². The maximum Gasteiger partial charge on any atom is 0.196 e. The van der Waals surface area contributed by atoms with Gasteiger partial charge in [-0.1, -0.05) is 0 Å². The minimum atomic E-state index is 0.278. The quantitative estimate of drug-likeness (QED) is 0.682. The lowest BCUT2D eigenvalue weighted by molar-refractivity contribution is 0.110. The van der Waals surface area contributed by atoms with Crippen LogP contribution in [0.2, 0.25) is 0 Å². The maximum absolute atomic E-state index is 10.4. The molecular formula is C10H13NO3. The van der Waals surface area contributed by atoms with Crippen molar-refractivity contribution in [2.45, 2.75) is 12.5 Å². The van der Waals surface area contributed by atoms with Crippen LogP contribution in [0.5, 0.6) is 0 Å². The molecule has 0 amide bonds. The number of rotatable bonds is 3. The molecule has 0 N–H and O–H groups in total. The van der Waals surface area contributed by atoms with Gasteiger partial charge in [-0.3, -0.25) is 4.79 Å². The van der Waals surface area contributed by atoms with Crippen molar-refractivity contribution in [3.05, 3.63) is 17.9 Å². The van der Waals surface area contributed by atoms with Crippen LogP contribution >= 0.6 is 0 Å². The molecule has 76 valence electrons. The van der Waals surface area contributed by atoms with E-state index in [1.165, 1.54) is 0 Å². The van der Waals surface area contributed by atoms with Crippen LogP contribution in [-0.4, -0.2) is 32.6 Å². The monoisotopic (exact) mass is 195 g/mol. The van der Waals surface area contributed by atoms with Gasteiger partial charge in [-0.25, -0.2) is 0 Å². The van der Waals surface area contributed by atoms with E-state index in [0.717, 1.165) is 25.4 Å². The van der Waals surface area contributed by atoms with Crippen molar-refractivity contribution in [2.24, 2.45) is 0 Å². The van der Waals surface area contributed by atoms with Crippen LogP contribution in [0.3, 0.4) is 0 Å². The molecule has 1 saturated heterocycles. The molecule has 1 aliphatic heterocycles. The van der Waals surface area contributed by atoms with Crippen molar-refractivity contribution in [1.82, 2.24) is 0 Å². The van der Waals surface area contributed by atoms with Crippen LogP contribution in [-0.2, 0) is 4.74 Å². The number of carbonyl (C=O) groups is 1. The molecule has 1 unspecified atom stereocenters. The van der Waals surface area contributed by atoms with E-state index >= 15 is 0 Å². The number of furan rings is 1. The van der Waals surface area contributed by atoms with Gasteiger partial charge in [0.15, 0.2) is 17.9 Å². The van der Waals surface area contributed by atoms with Gasteiger partial charge in [-0.2, -0.15) is 0 Å². The van der Waals surface area contributed by atoms with Crippen molar-refractivity contribution in [3.8, 4) is 0 Å². The molecular weight excluding hydrogens is 182 g/mol. The van der Waals surface area contributed by atoms with E-state index in [0.29, 0.717) is 12.0 Å². The summed E-state index contributed by atoms with van der Waals surface area (Å²) < 4.78 is 10.6. The predicted molar refractivity (Wildman–Crippen MR) is 51.7 cm³/mol. The molecule has 1 aromatic rings. The standard InChI is InChI=1S/C10H13NO3/c1-13-8-4-5-11(6-8)10-3-2-9(7-12)14-10/h2-3,7-8H,4-6H2,1H3. The lowest BCUT2D eigenvalue weighted by Gasteiger charge is -2.13. The van der Waals surface area contributed by atoms with Crippen molar-refractivity contribution in [3.63, 3.8) is 0 Å². The molecule has 2 heterocycles. The Morgan fingerprint density at radius 2 is 2.50 bits per heavy atom. The first-order valence-electron chi connectivity index (χ1n) is 4.66. The highest BCUT2D eigenvalue weighted by molar-refractivity contribution is 5.71. The van der Waals surface area contributed by atoms with Crippen LogP contribution in [0.25, 0.3) is 0 Å². The number of anilines is 1. The van der Waals surface area contributed by atoms with Gasteiger partial charge >= 0.3 is 0 Å². The Kier molecular flexibility index (Phi) is 2.54. The fourth-order valence-corrected chi connectivity index (χ4v) is 1.70. The lowest BCUT2D eigenvalue weighted by atomic mass is 10.3. The number of ether oxygens (including phenoxy) is 1. The van der Waals surface area contributed by atoms with E-state index < -0.39 is 0 Å². The normalized spacial score (nSPS) is 21.5. The number of aldehydes is 1. The molecule has 1 aliphatic rings. The van der Waals surface area contributed by atoms with Gasteiger partial charge in [-0.05, 0) is 12.5 Å². The molecule has 14 heavy (non-hydrogen) atoms. The Balaban J connectivity index is 2.05. The second-order valence-electron chi connectivity index (χ2n) is 3.39. The lowest BCUT2D eigenvalue weighted by Crippen LogP contribution is -2.21. The van der Waals surface area contributed by atoms with Crippen LogP contribution in [0.15, 0.2) is 16.5 Å². The van der Waals surface area contributed by atoms with E-state index in [2.05, 4.69) is 4.90 Å². The number of hydrogen-bond acceptors (Lipinski definition) is 4. The summed E-state index contributed by atoms with van der Waals surface area (Å²) in [6, 6.07) is 3.50. The number of methoxy groups -OCH3 is 1. The minimum absolute atomic E-state index is 0.278. The van der Waals surface area contributed by atoms with Crippen LogP contribution < -0.4 is 4.90 Å². The summed E-state index contributed by atoms with van der Waals surface area (Å²) in [6.45, 7) is 1.76. The zero-order chi connectivity index (χ0) is 9.97. The van der Waals surface area contributed by atoms with Gasteiger partial charge in [0.1, 0.15) is 0 Å². The first-order valence-corrected chi connectivity index (χ1v) is 4.66. The Bertz CT molecular complexity index is 321. The average molecular weight is 195 g/mol. The van der Waals surface area contributed by atoms with Crippen molar-refractivity contribution < 1.29 is 13.9 Å². The van der Waals surface area contributed by atoms with Crippen LogP contribution in [0, 0.1) is 0 Å². The van der Waals surface area contributed by atoms with Gasteiger partial charge in [0, 0.05) is 26.3 Å². The van der Waals surface area contributed by atoms with E-state index in [9.17, 15) is 4.79 Å². The summed E-state index contributed by atoms with van der Waals surface area (Å²) in [5.74, 6) is 1.13. The minimum Gasteiger partial charge on any atom is -0.438 e. The van der Waals surface area contributed by atoms with Gasteiger partial charge < -0.3 is 14.1 Å². The zero-order valence-corrected chi connectivity index (χ0v) is 8.10. The van der Waals surface area contributed by atoms with Crippen molar-refractivity contribution in [1.29, 1.82) is 0 Å². The molecule has 0 radical (unpaired) electrons. The first kappa shape index (κ1) is 9.27. The Hall–Kier alpha value is -1.29. The highest BCUT2D eigenvalue weighted by Gasteiger charge is 2.24. The van der Waals surface area contributed by atoms with Crippen LogP contribution in [0.4, 0.5) is 5.88 Å². The molecule has 4 heteroatoms. The molecule has 0 saturated carbocycles. The Morgan fingerprint density at radius 1 is 1.64 bits per heavy atom. The zero-order valence-electron chi connectivity index (χ0n) is 8.10. The Morgan fingerprint density at radius 3 is 3.07 bits per heavy atom. The molecule has 0 spiro atoms. The molecule has 1 aromatic heterocycles. The average Bonchev–Trinajstić information content (AvgIpc) is 2.86. The third kappa shape index (κ3) is 1.65. The van der Waals surface area contributed by atoms with Gasteiger partial charge in [0.05, 0.1) is 6.10 Å². The molecule has 1 atom stereocenters. The van der Waals surface area contributed by atoms with Gasteiger partial charge in [0.25, 0.3) is 0 Å². The number of nitrogens with zero attached hydrogens (tertiary/aromatic N) is 1. The third-order valence-electron chi connectivity index (χ3n) is 2.52. The summed E-state index contributed by atoms with van der Waals surface area (Å²) >= 11 is 0. The maximum atomic E-state index is 10.4. The summed E-state index contributed by atoms with van der Waals surface area (Å²) in [6.07, 6.45) is 2.00. The summed E-state index contributed by atoms with van der Waals surface area (Å²) in [7, 11) is 1.72. The van der Waals surface area contributed by atoms with Crippen molar-refractivity contribution in [2.75, 3.05) is 25.1 Å². The second kappa shape index (κ2) is 3.84. The fourth-order valence-electron chi connectivity index (χ4n) is 1.70. The second-order valence-corrected chi connectivity index (χ2v) is 3.39. The van der Waals surface area contributed by atoms with Gasteiger partial charge in [-0.15, -0.1) is 0 Å². The molecule has 0 bridgehead atoms. The smallest absolute Gasteiger partial charge is 0.196 e. The highest BCUT2D eigenvalue weighted by Crippen LogP contribution is 2.23. The van der Waals surface area contributed by atoms with Crippen LogP contribution in [0.1, 0.15) is 17.0 Å². The van der Waals surface area contributed by atoms with E-state index in [1.54, 1.807) is 13.2 Å². The van der Waals surface area contributed by atoms with E-state index in [-0.39, 0.29) is 6.10 Å². The largest absolute Gasteiger partial charge is 0.438 e. The number of carbonyl (C=O) groups excluding carboxylic acids is 1. The predicted octanol–water partition coefficient (Wildman–Crippen LogP) is 1.32. The summed E-state index contributed by atoms with van der Waals surface area (Å²) in [5, 5.41) is 0. The SMILES string of the molecule is COC1CCN(c2ccc(C=O)o2)C1. The van der Waals surface area contributed by atoms with Gasteiger partial charge in [0.2, 0.25) is 0 Å². The highest BCUT2D eigenvalue weighted by atomic mass is 16.5. The molecule has 4 nitrogen and oxygen atoms in total. The van der Waals surface area contributed by atoms with E-state index in [1.807, 2.05) is 6.07 Å². The van der Waals surface area contributed by atoms with Crippen molar-refractivity contribution >= 4 is 12.2 Å². The molecule has 2 rings (SSSR count).